The summed E-state index contributed by atoms with van der Waals surface area (Å²) in [5.74, 6) is -0.767. The second kappa shape index (κ2) is 15.6. The fourth-order valence-corrected chi connectivity index (χ4v) is 5.98. The fraction of sp³-hybridized carbons (Fsp3) is 0.378. The maximum atomic E-state index is 14.0. The number of nitrogens with zero attached hydrogens (tertiary/aromatic N) is 2. The molecule has 0 spiro atoms. The number of hydrogen-bond donors (Lipinski definition) is 3. The van der Waals surface area contributed by atoms with Gasteiger partial charge in [0.25, 0.3) is 5.91 Å². The molecule has 0 unspecified atom stereocenters. The summed E-state index contributed by atoms with van der Waals surface area (Å²) in [7, 11) is 0. The molecule has 1 saturated heterocycles. The van der Waals surface area contributed by atoms with Gasteiger partial charge in [0, 0.05) is 51.5 Å². The van der Waals surface area contributed by atoms with Gasteiger partial charge in [-0.1, -0.05) is 62.4 Å². The first-order valence-electron chi connectivity index (χ1n) is 16.4. The van der Waals surface area contributed by atoms with Gasteiger partial charge in [0.1, 0.15) is 29.6 Å². The molecule has 48 heavy (non-hydrogen) atoms. The van der Waals surface area contributed by atoms with Gasteiger partial charge in [-0.25, -0.2) is 0 Å². The number of benzene rings is 3. The largest absolute Gasteiger partial charge is 0.457 e. The Morgan fingerprint density at radius 3 is 2.10 bits per heavy atom. The summed E-state index contributed by atoms with van der Waals surface area (Å²) >= 11 is 0. The van der Waals surface area contributed by atoms with Gasteiger partial charge in [-0.3, -0.25) is 24.0 Å². The average molecular weight is 654 g/mol. The van der Waals surface area contributed by atoms with E-state index in [-0.39, 0.29) is 30.6 Å². The van der Waals surface area contributed by atoms with Crippen molar-refractivity contribution in [2.45, 2.75) is 58.2 Å². The van der Waals surface area contributed by atoms with Crippen LogP contribution in [-0.4, -0.2) is 83.6 Å². The molecular weight excluding hydrogens is 610 g/mol. The first-order valence-corrected chi connectivity index (χ1v) is 16.4. The Labute approximate surface area is 281 Å². The van der Waals surface area contributed by atoms with Gasteiger partial charge in [-0.15, -0.1) is 0 Å². The van der Waals surface area contributed by atoms with Crippen LogP contribution in [0.5, 0.6) is 11.5 Å². The number of ether oxygens (including phenoxy) is 1. The first-order chi connectivity index (χ1) is 23.0. The van der Waals surface area contributed by atoms with E-state index in [1.54, 1.807) is 46.2 Å². The number of carbonyl (C=O) groups is 5. The number of amides is 5. The SMILES string of the molecule is CC(=O)N1CCN(C(=O)[C@@H]2Cc3ccc(cc3)Oc3cccc(c3)C(=O)N[C@H](Cc3ccccc3)C(=O)N[C@@H](CC(C)C)C(=O)N2)CC1. The molecule has 252 valence electrons. The van der Waals surface area contributed by atoms with Crippen LogP contribution in [0, 0.1) is 5.92 Å². The van der Waals surface area contributed by atoms with Crippen LogP contribution < -0.4 is 20.7 Å². The van der Waals surface area contributed by atoms with E-state index < -0.39 is 35.8 Å². The lowest BCUT2D eigenvalue weighted by atomic mass is 9.99. The van der Waals surface area contributed by atoms with Gasteiger partial charge in [0.2, 0.25) is 23.6 Å². The van der Waals surface area contributed by atoms with E-state index in [1.165, 1.54) is 6.92 Å². The van der Waals surface area contributed by atoms with Crippen LogP contribution in [0.1, 0.15) is 48.7 Å². The van der Waals surface area contributed by atoms with Crippen molar-refractivity contribution < 1.29 is 28.7 Å². The van der Waals surface area contributed by atoms with E-state index in [4.69, 9.17) is 4.74 Å². The number of piperazine rings is 1. The van der Waals surface area contributed by atoms with Crippen molar-refractivity contribution >= 4 is 29.5 Å². The van der Waals surface area contributed by atoms with E-state index in [1.807, 2.05) is 56.3 Å². The van der Waals surface area contributed by atoms with Crippen LogP contribution in [0.3, 0.4) is 0 Å². The molecule has 0 aromatic heterocycles. The van der Waals surface area contributed by atoms with Crippen molar-refractivity contribution in [3.63, 3.8) is 0 Å². The van der Waals surface area contributed by atoms with Crippen LogP contribution in [0.2, 0.25) is 0 Å². The summed E-state index contributed by atoms with van der Waals surface area (Å²) in [5.41, 5.74) is 1.95. The number of rotatable bonds is 5. The molecule has 11 nitrogen and oxygen atoms in total. The highest BCUT2D eigenvalue weighted by molar-refractivity contribution is 5.99. The molecule has 11 heteroatoms. The summed E-state index contributed by atoms with van der Waals surface area (Å²) in [6, 6.07) is 20.4. The molecule has 3 heterocycles. The van der Waals surface area contributed by atoms with Crippen molar-refractivity contribution in [2.75, 3.05) is 26.2 Å². The molecule has 0 aliphatic carbocycles. The number of hydrogen-bond acceptors (Lipinski definition) is 6. The van der Waals surface area contributed by atoms with Crippen molar-refractivity contribution in [2.24, 2.45) is 5.92 Å². The lowest BCUT2D eigenvalue weighted by Gasteiger charge is -2.36. The summed E-state index contributed by atoms with van der Waals surface area (Å²) in [4.78, 5) is 70.6. The van der Waals surface area contributed by atoms with Crippen molar-refractivity contribution in [1.82, 2.24) is 25.8 Å². The average Bonchev–Trinajstić information content (AvgIpc) is 3.08. The van der Waals surface area contributed by atoms with Crippen LogP contribution in [0.4, 0.5) is 0 Å². The third-order valence-corrected chi connectivity index (χ3v) is 8.59. The first kappa shape index (κ1) is 34.2. The molecule has 1 fully saturated rings. The molecular formula is C37H43N5O6. The third-order valence-electron chi connectivity index (χ3n) is 8.59. The lowest BCUT2D eigenvalue weighted by molar-refractivity contribution is -0.141. The van der Waals surface area contributed by atoms with Gasteiger partial charge in [0.05, 0.1) is 0 Å². The molecule has 3 aliphatic heterocycles. The Morgan fingerprint density at radius 2 is 1.44 bits per heavy atom. The minimum Gasteiger partial charge on any atom is -0.457 e. The minimum atomic E-state index is -0.993. The monoisotopic (exact) mass is 653 g/mol. The highest BCUT2D eigenvalue weighted by Gasteiger charge is 2.33. The molecule has 0 radical (unpaired) electrons. The molecule has 3 N–H and O–H groups in total. The number of carbonyl (C=O) groups excluding carboxylic acids is 5. The van der Waals surface area contributed by atoms with Crippen LogP contribution in [-0.2, 0) is 32.0 Å². The van der Waals surface area contributed by atoms with E-state index in [2.05, 4.69) is 16.0 Å². The van der Waals surface area contributed by atoms with Crippen molar-refractivity contribution in [3.8, 4) is 11.5 Å². The Kier molecular flexibility index (Phi) is 11.1. The van der Waals surface area contributed by atoms with Crippen LogP contribution >= 0.6 is 0 Å². The predicted molar refractivity (Wildman–Crippen MR) is 180 cm³/mol. The zero-order valence-electron chi connectivity index (χ0n) is 27.6. The summed E-state index contributed by atoms with van der Waals surface area (Å²) < 4.78 is 6.04. The standard InChI is InChI=1S/C37H43N5O6/c1-24(2)20-31-35(45)40-33(37(47)42-18-16-41(17-19-42)25(3)43)22-27-12-14-29(15-13-27)48-30-11-7-10-28(23-30)34(44)38-32(36(46)39-31)21-26-8-5-4-6-9-26/h4-15,23-24,31-33H,16-22H2,1-3H3,(H,38,44)(H,39,46)(H,40,45)/t31-,32+,33-/m0/s1. The highest BCUT2D eigenvalue weighted by Crippen LogP contribution is 2.24. The van der Waals surface area contributed by atoms with Gasteiger partial charge in [-0.05, 0) is 53.8 Å². The second-order valence-corrected chi connectivity index (χ2v) is 12.8. The Balaban J connectivity index is 1.48. The van der Waals surface area contributed by atoms with Crippen LogP contribution in [0.15, 0.2) is 78.9 Å². The molecule has 4 bridgehead atoms. The molecule has 6 rings (SSSR count). The lowest BCUT2D eigenvalue weighted by Crippen LogP contribution is -2.59. The summed E-state index contributed by atoms with van der Waals surface area (Å²) in [6.45, 7) is 6.93. The highest BCUT2D eigenvalue weighted by atomic mass is 16.5. The van der Waals surface area contributed by atoms with Crippen LogP contribution in [0.25, 0.3) is 0 Å². The molecule has 3 atom stereocenters. The van der Waals surface area contributed by atoms with Gasteiger partial charge >= 0.3 is 0 Å². The topological polar surface area (TPSA) is 137 Å². The van der Waals surface area contributed by atoms with E-state index >= 15 is 0 Å². The fourth-order valence-electron chi connectivity index (χ4n) is 5.98. The van der Waals surface area contributed by atoms with Crippen molar-refractivity contribution in [3.05, 3.63) is 95.6 Å². The van der Waals surface area contributed by atoms with Gasteiger partial charge in [0.15, 0.2) is 0 Å². The van der Waals surface area contributed by atoms with Crippen molar-refractivity contribution in [1.29, 1.82) is 0 Å². The molecule has 3 aromatic rings. The van der Waals surface area contributed by atoms with E-state index in [0.29, 0.717) is 49.7 Å². The minimum absolute atomic E-state index is 0.0326. The van der Waals surface area contributed by atoms with E-state index in [0.717, 1.165) is 11.1 Å². The molecule has 0 saturated carbocycles. The summed E-state index contributed by atoms with van der Waals surface area (Å²) in [5, 5.41) is 8.71. The maximum absolute atomic E-state index is 14.0. The molecule has 3 aliphatic rings. The zero-order chi connectivity index (χ0) is 34.2. The molecule has 5 amide bonds. The van der Waals surface area contributed by atoms with Gasteiger partial charge in [-0.2, -0.15) is 0 Å². The Morgan fingerprint density at radius 1 is 0.771 bits per heavy atom. The maximum Gasteiger partial charge on any atom is 0.252 e. The van der Waals surface area contributed by atoms with Gasteiger partial charge < -0.3 is 30.5 Å². The second-order valence-electron chi connectivity index (χ2n) is 12.8. The smallest absolute Gasteiger partial charge is 0.252 e. The quantitative estimate of drug-likeness (QED) is 0.362. The summed E-state index contributed by atoms with van der Waals surface area (Å²) in [6.07, 6.45) is 0.724. The zero-order valence-corrected chi connectivity index (χ0v) is 27.6. The normalized spacial score (nSPS) is 20.6. The Bertz CT molecular complexity index is 1620. The number of fused-ring (bicyclic) bond motifs is 11. The molecule has 3 aromatic carbocycles. The Hall–Kier alpha value is -5.19. The predicted octanol–water partition coefficient (Wildman–Crippen LogP) is 3.08. The third kappa shape index (κ3) is 8.99. The number of nitrogens with one attached hydrogen (secondary N) is 3. The van der Waals surface area contributed by atoms with E-state index in [9.17, 15) is 24.0 Å².